The van der Waals surface area contributed by atoms with Gasteiger partial charge in [-0.05, 0) is 44.6 Å². The predicted octanol–water partition coefficient (Wildman–Crippen LogP) is 5.91. The highest BCUT2D eigenvalue weighted by Gasteiger charge is 2.31. The normalized spacial score (nSPS) is 24.0. The zero-order chi connectivity index (χ0) is 20.8. The fourth-order valence-corrected chi connectivity index (χ4v) is 5.21. The van der Waals surface area contributed by atoms with Crippen LogP contribution in [0.25, 0.3) is 0 Å². The van der Waals surface area contributed by atoms with Crippen LogP contribution in [0.1, 0.15) is 143 Å². The van der Waals surface area contributed by atoms with Crippen LogP contribution < -0.4 is 5.32 Å². The number of nitrogens with one attached hydrogen (secondary N) is 1. The quantitative estimate of drug-likeness (QED) is 0.631. The molecule has 3 aliphatic carbocycles. The van der Waals surface area contributed by atoms with Gasteiger partial charge in [0.05, 0.1) is 0 Å². The maximum absolute atomic E-state index is 13.3. The summed E-state index contributed by atoms with van der Waals surface area (Å²) in [5.74, 6) is 1.73. The molecule has 1 aromatic heterocycles. The Bertz CT molecular complexity index is 700. The van der Waals surface area contributed by atoms with Gasteiger partial charge in [-0.25, -0.2) is 9.97 Å². The second-order valence-electron chi connectivity index (χ2n) is 10.1. The molecule has 4 nitrogen and oxygen atoms in total. The first kappa shape index (κ1) is 21.8. The van der Waals surface area contributed by atoms with Crippen molar-refractivity contribution in [1.29, 1.82) is 0 Å². The molecule has 0 atom stereocenters. The van der Waals surface area contributed by atoms with Crippen LogP contribution in [0.15, 0.2) is 6.07 Å². The summed E-state index contributed by atoms with van der Waals surface area (Å²) in [5.41, 5.74) is 0.987. The lowest BCUT2D eigenvalue weighted by Crippen LogP contribution is -2.49. The van der Waals surface area contributed by atoms with E-state index in [2.05, 4.69) is 5.32 Å². The third-order valence-electron chi connectivity index (χ3n) is 7.32. The molecule has 3 saturated carbocycles. The van der Waals surface area contributed by atoms with Gasteiger partial charge in [-0.3, -0.25) is 4.79 Å². The second kappa shape index (κ2) is 10.3. The fraction of sp³-hybridized carbons (Fsp3) is 0.800. The molecule has 1 aromatic rings. The monoisotopic (exact) mass is 407 g/mol. The first-order valence-corrected chi connectivity index (χ1v) is 12.6. The van der Waals surface area contributed by atoms with Crippen LogP contribution in [0, 0.1) is 0 Å². The average molecular weight is 407 g/mol. The van der Waals surface area contributed by atoms with Crippen LogP contribution in [0.2, 0.25) is 0 Å². The minimum absolute atomic E-state index is 0.104. The first-order chi connectivity index (χ1) is 14.6. The molecule has 1 heterocycles. The summed E-state index contributed by atoms with van der Waals surface area (Å²) in [6, 6.07) is 1.93. The molecule has 162 valence electrons. The van der Waals surface area contributed by atoms with Crippen molar-refractivity contribution in [3.63, 3.8) is 0 Å². The minimum atomic E-state index is -0.617. The summed E-state index contributed by atoms with van der Waals surface area (Å²) in [6.45, 7) is 0. The van der Waals surface area contributed by atoms with Gasteiger partial charge in [0.15, 0.2) is 0 Å². The van der Waals surface area contributed by atoms with Crippen LogP contribution >= 0.6 is 0 Å². The van der Waals surface area contributed by atoms with Gasteiger partial charge < -0.3 is 5.32 Å². The van der Waals surface area contributed by atoms with Crippen molar-refractivity contribution >= 4 is 13.8 Å². The van der Waals surface area contributed by atoms with E-state index in [-0.39, 0.29) is 5.91 Å². The van der Waals surface area contributed by atoms with E-state index in [4.69, 9.17) is 17.8 Å². The van der Waals surface area contributed by atoms with E-state index in [9.17, 15) is 4.79 Å². The van der Waals surface area contributed by atoms with Crippen molar-refractivity contribution in [2.45, 2.75) is 126 Å². The van der Waals surface area contributed by atoms with Crippen LogP contribution in [0.3, 0.4) is 0 Å². The van der Waals surface area contributed by atoms with E-state index < -0.39 is 5.44 Å². The number of aromatic nitrogens is 2. The molecule has 0 saturated heterocycles. The van der Waals surface area contributed by atoms with E-state index in [0.29, 0.717) is 17.5 Å². The third-order valence-corrected chi connectivity index (χ3v) is 7.32. The summed E-state index contributed by atoms with van der Waals surface area (Å²) in [7, 11) is 6.77. The topological polar surface area (TPSA) is 54.9 Å². The molecule has 0 aromatic carbocycles. The number of hydrogen-bond donors (Lipinski definition) is 1. The van der Waals surface area contributed by atoms with Gasteiger partial charge in [-0.1, -0.05) is 70.6 Å². The Hall–Kier alpha value is -1.39. The summed E-state index contributed by atoms with van der Waals surface area (Å²) >= 11 is 0. The molecule has 30 heavy (non-hydrogen) atoms. The second-order valence-corrected chi connectivity index (χ2v) is 10.1. The molecule has 2 radical (unpaired) electrons. The number of hydrogen-bond acceptors (Lipinski definition) is 3. The molecule has 3 aliphatic rings. The highest BCUT2D eigenvalue weighted by molar-refractivity contribution is 6.17. The van der Waals surface area contributed by atoms with Crippen molar-refractivity contribution in [2.75, 3.05) is 0 Å². The zero-order valence-corrected chi connectivity index (χ0v) is 18.6. The van der Waals surface area contributed by atoms with Crippen molar-refractivity contribution in [2.24, 2.45) is 0 Å². The van der Waals surface area contributed by atoms with E-state index >= 15 is 0 Å². The number of carbonyl (C=O) groups is 1. The van der Waals surface area contributed by atoms with E-state index in [1.165, 1.54) is 70.6 Å². The number of rotatable bonds is 4. The van der Waals surface area contributed by atoms with Gasteiger partial charge in [0.2, 0.25) is 0 Å². The Morgan fingerprint density at radius 1 is 0.800 bits per heavy atom. The molecular formula is C25H38BN3O. The number of carbonyl (C=O) groups excluding carboxylic acids is 1. The van der Waals surface area contributed by atoms with E-state index in [1.54, 1.807) is 0 Å². The molecule has 5 heteroatoms. The summed E-state index contributed by atoms with van der Waals surface area (Å²) in [6.07, 6.45) is 20.0. The lowest BCUT2D eigenvalue weighted by Gasteiger charge is -2.32. The zero-order valence-electron chi connectivity index (χ0n) is 18.6. The minimum Gasteiger partial charge on any atom is -0.354 e. The van der Waals surface area contributed by atoms with Crippen LogP contribution in [0.5, 0.6) is 0 Å². The Kier molecular flexibility index (Phi) is 7.48. The van der Waals surface area contributed by atoms with Gasteiger partial charge in [-0.15, -0.1) is 0 Å². The Labute approximate surface area is 183 Å². The number of nitrogens with zero attached hydrogens (tertiary/aromatic N) is 2. The lowest BCUT2D eigenvalue weighted by atomic mass is 9.70. The largest absolute Gasteiger partial charge is 0.354 e. The maximum Gasteiger partial charge on any atom is 0.269 e. The summed E-state index contributed by atoms with van der Waals surface area (Å²) < 4.78 is 0. The predicted molar refractivity (Wildman–Crippen MR) is 122 cm³/mol. The van der Waals surface area contributed by atoms with E-state index in [1.807, 2.05) is 6.07 Å². The highest BCUT2D eigenvalue weighted by atomic mass is 16.2. The Morgan fingerprint density at radius 2 is 1.37 bits per heavy atom. The summed E-state index contributed by atoms with van der Waals surface area (Å²) in [4.78, 5) is 22.9. The van der Waals surface area contributed by atoms with Crippen LogP contribution in [-0.2, 0) is 0 Å². The lowest BCUT2D eigenvalue weighted by molar-refractivity contribution is 0.0913. The Morgan fingerprint density at radius 3 is 1.93 bits per heavy atom. The SMILES string of the molecule is [B]C1(NC(=O)c2cc(C3CC3)nc(C3CCCC3)n2)CCCCCCCCCCC1. The molecule has 1 amide bonds. The van der Waals surface area contributed by atoms with Gasteiger partial charge in [0.25, 0.3) is 5.91 Å². The third kappa shape index (κ3) is 6.07. The molecule has 0 spiro atoms. The molecular weight excluding hydrogens is 369 g/mol. The highest BCUT2D eigenvalue weighted by Crippen LogP contribution is 2.40. The van der Waals surface area contributed by atoms with Crippen LogP contribution in [-0.4, -0.2) is 29.2 Å². The molecule has 0 bridgehead atoms. The van der Waals surface area contributed by atoms with Gasteiger partial charge in [0, 0.05) is 23.0 Å². The van der Waals surface area contributed by atoms with Crippen molar-refractivity contribution in [3.8, 4) is 0 Å². The van der Waals surface area contributed by atoms with Crippen molar-refractivity contribution in [1.82, 2.24) is 15.3 Å². The van der Waals surface area contributed by atoms with Crippen molar-refractivity contribution < 1.29 is 4.79 Å². The first-order valence-electron chi connectivity index (χ1n) is 12.6. The standard InChI is InChI=1S/C25H38BN3O/c26-25(16-10-6-4-2-1-3-5-7-11-17-25)29-24(30)22-18-21(19-14-15-19)27-23(28-22)20-12-8-9-13-20/h18-20H,1-17H2,(H,29,30). The molecule has 3 fully saturated rings. The van der Waals surface area contributed by atoms with Crippen LogP contribution in [0.4, 0.5) is 0 Å². The fourth-order valence-electron chi connectivity index (χ4n) is 5.21. The van der Waals surface area contributed by atoms with Gasteiger partial charge >= 0.3 is 0 Å². The van der Waals surface area contributed by atoms with E-state index in [0.717, 1.165) is 50.0 Å². The molecule has 1 N–H and O–H groups in total. The molecule has 0 unspecified atom stereocenters. The smallest absolute Gasteiger partial charge is 0.269 e. The van der Waals surface area contributed by atoms with Gasteiger partial charge in [0.1, 0.15) is 19.4 Å². The van der Waals surface area contributed by atoms with Crippen molar-refractivity contribution in [3.05, 3.63) is 23.3 Å². The molecule has 0 aliphatic heterocycles. The number of amides is 1. The summed E-state index contributed by atoms with van der Waals surface area (Å²) in [5, 5.41) is 3.22. The average Bonchev–Trinajstić information content (AvgIpc) is 3.44. The maximum atomic E-state index is 13.3. The van der Waals surface area contributed by atoms with Gasteiger partial charge in [-0.2, -0.15) is 0 Å². The molecule has 4 rings (SSSR count). The Balaban J connectivity index is 1.47.